The van der Waals surface area contributed by atoms with Crippen molar-refractivity contribution in [1.29, 1.82) is 0 Å². The van der Waals surface area contributed by atoms with E-state index in [9.17, 15) is 9.59 Å². The fourth-order valence-corrected chi connectivity index (χ4v) is 2.08. The molecule has 2 heteroatoms. The van der Waals surface area contributed by atoms with Crippen molar-refractivity contribution in [3.63, 3.8) is 0 Å². The highest BCUT2D eigenvalue weighted by Crippen LogP contribution is 2.36. The molecule has 0 bridgehead atoms. The molecule has 0 saturated carbocycles. The highest BCUT2D eigenvalue weighted by molar-refractivity contribution is 6.01. The first-order valence-electron chi connectivity index (χ1n) is 5.23. The highest BCUT2D eigenvalue weighted by atomic mass is 16.1. The second-order valence-corrected chi connectivity index (χ2v) is 5.08. The predicted octanol–water partition coefficient (Wildman–Crippen LogP) is 2.84. The Morgan fingerprint density at radius 2 is 1.93 bits per heavy atom. The number of carbonyl (C=O) groups excluding carboxylic acids is 2. The van der Waals surface area contributed by atoms with E-state index in [4.69, 9.17) is 0 Å². The maximum Gasteiger partial charge on any atom is 0.163 e. The minimum absolute atomic E-state index is 0.0204. The molecule has 0 heterocycles. The van der Waals surface area contributed by atoms with Gasteiger partial charge in [0, 0.05) is 12.0 Å². The van der Waals surface area contributed by atoms with E-state index < -0.39 is 0 Å². The smallest absolute Gasteiger partial charge is 0.163 e. The van der Waals surface area contributed by atoms with Crippen molar-refractivity contribution >= 4 is 11.6 Å². The van der Waals surface area contributed by atoms with E-state index in [0.29, 0.717) is 6.42 Å². The second kappa shape index (κ2) is 4.13. The van der Waals surface area contributed by atoms with Gasteiger partial charge in [0.15, 0.2) is 11.6 Å². The van der Waals surface area contributed by atoms with Crippen molar-refractivity contribution in [2.75, 3.05) is 0 Å². The summed E-state index contributed by atoms with van der Waals surface area (Å²) in [5.74, 6) is 0.134. The summed E-state index contributed by atoms with van der Waals surface area (Å²) in [6.45, 7) is 7.65. The maximum absolute atomic E-state index is 11.8. The SMILES string of the molecule is CC(=O)/C=C/C1=C(C)CC(C)(C)CC1=O. The van der Waals surface area contributed by atoms with Crippen LogP contribution < -0.4 is 0 Å². The molecule has 0 aromatic heterocycles. The topological polar surface area (TPSA) is 34.1 Å². The summed E-state index contributed by atoms with van der Waals surface area (Å²) < 4.78 is 0. The molecule has 0 amide bonds. The lowest BCUT2D eigenvalue weighted by atomic mass is 9.74. The van der Waals surface area contributed by atoms with Gasteiger partial charge in [-0.05, 0) is 37.8 Å². The normalized spacial score (nSPS) is 21.2. The van der Waals surface area contributed by atoms with Crippen LogP contribution in [0.5, 0.6) is 0 Å². The lowest BCUT2D eigenvalue weighted by Gasteiger charge is -2.30. The molecule has 0 fully saturated rings. The first-order valence-corrected chi connectivity index (χ1v) is 5.23. The number of ketones is 2. The van der Waals surface area contributed by atoms with Gasteiger partial charge in [0.25, 0.3) is 0 Å². The van der Waals surface area contributed by atoms with Crippen LogP contribution in [0.25, 0.3) is 0 Å². The van der Waals surface area contributed by atoms with E-state index in [2.05, 4.69) is 13.8 Å². The highest BCUT2D eigenvalue weighted by Gasteiger charge is 2.29. The minimum Gasteiger partial charge on any atom is -0.295 e. The standard InChI is InChI=1S/C13H18O2/c1-9-7-13(3,4)8-12(15)11(9)6-5-10(2)14/h5-6H,7-8H2,1-4H3/b6-5+. The Bertz CT molecular complexity index is 357. The van der Waals surface area contributed by atoms with Gasteiger partial charge in [-0.3, -0.25) is 9.59 Å². The summed E-state index contributed by atoms with van der Waals surface area (Å²) in [6.07, 6.45) is 4.63. The fraction of sp³-hybridized carbons (Fsp3) is 0.538. The van der Waals surface area contributed by atoms with Crippen molar-refractivity contribution in [3.05, 3.63) is 23.3 Å². The molecule has 82 valence electrons. The van der Waals surface area contributed by atoms with Gasteiger partial charge in [-0.15, -0.1) is 0 Å². The molecule has 0 N–H and O–H groups in total. The fourth-order valence-electron chi connectivity index (χ4n) is 2.08. The Labute approximate surface area is 91.1 Å². The molecule has 0 radical (unpaired) electrons. The summed E-state index contributed by atoms with van der Waals surface area (Å²) in [4.78, 5) is 22.6. The third-order valence-corrected chi connectivity index (χ3v) is 2.63. The van der Waals surface area contributed by atoms with Crippen molar-refractivity contribution in [1.82, 2.24) is 0 Å². The molecule has 1 rings (SSSR count). The molecule has 1 aliphatic carbocycles. The molecule has 0 aliphatic heterocycles. The zero-order valence-corrected chi connectivity index (χ0v) is 9.89. The predicted molar refractivity (Wildman–Crippen MR) is 60.5 cm³/mol. The van der Waals surface area contributed by atoms with Crippen LogP contribution in [0.4, 0.5) is 0 Å². The van der Waals surface area contributed by atoms with Crippen molar-refractivity contribution < 1.29 is 9.59 Å². The quantitative estimate of drug-likeness (QED) is 0.651. The van der Waals surface area contributed by atoms with Crippen LogP contribution in [0, 0.1) is 5.41 Å². The van der Waals surface area contributed by atoms with Gasteiger partial charge in [-0.2, -0.15) is 0 Å². The van der Waals surface area contributed by atoms with Gasteiger partial charge in [0.2, 0.25) is 0 Å². The van der Waals surface area contributed by atoms with E-state index in [-0.39, 0.29) is 17.0 Å². The average Bonchev–Trinajstić information content (AvgIpc) is 1.98. The third-order valence-electron chi connectivity index (χ3n) is 2.63. The Kier molecular flexibility index (Phi) is 3.28. The summed E-state index contributed by atoms with van der Waals surface area (Å²) in [7, 11) is 0. The van der Waals surface area contributed by atoms with E-state index in [1.165, 1.54) is 13.0 Å². The molecular formula is C13H18O2. The zero-order chi connectivity index (χ0) is 11.6. The van der Waals surface area contributed by atoms with Gasteiger partial charge >= 0.3 is 0 Å². The van der Waals surface area contributed by atoms with Crippen LogP contribution >= 0.6 is 0 Å². The average molecular weight is 206 g/mol. The van der Waals surface area contributed by atoms with Gasteiger partial charge in [0.1, 0.15) is 0 Å². The maximum atomic E-state index is 11.8. The molecule has 0 unspecified atom stereocenters. The van der Waals surface area contributed by atoms with Crippen LogP contribution in [0.2, 0.25) is 0 Å². The molecule has 0 aromatic rings. The van der Waals surface area contributed by atoms with Crippen LogP contribution in [0.15, 0.2) is 23.3 Å². The summed E-state index contributed by atoms with van der Waals surface area (Å²) in [5, 5.41) is 0. The van der Waals surface area contributed by atoms with Crippen LogP contribution in [-0.2, 0) is 9.59 Å². The van der Waals surface area contributed by atoms with E-state index in [0.717, 1.165) is 17.6 Å². The first kappa shape index (κ1) is 11.9. The summed E-state index contributed by atoms with van der Waals surface area (Å²) in [6, 6.07) is 0. The van der Waals surface area contributed by atoms with Crippen molar-refractivity contribution in [2.45, 2.75) is 40.5 Å². The molecular weight excluding hydrogens is 188 g/mol. The number of allylic oxidation sites excluding steroid dienone is 4. The monoisotopic (exact) mass is 206 g/mol. The van der Waals surface area contributed by atoms with Crippen molar-refractivity contribution in [3.8, 4) is 0 Å². The van der Waals surface area contributed by atoms with Crippen LogP contribution in [-0.4, -0.2) is 11.6 Å². The van der Waals surface area contributed by atoms with Gasteiger partial charge < -0.3 is 0 Å². The van der Waals surface area contributed by atoms with Crippen molar-refractivity contribution in [2.24, 2.45) is 5.41 Å². The molecule has 1 aliphatic rings. The summed E-state index contributed by atoms with van der Waals surface area (Å²) in [5.41, 5.74) is 1.88. The number of rotatable bonds is 2. The van der Waals surface area contributed by atoms with E-state index in [1.54, 1.807) is 6.08 Å². The minimum atomic E-state index is -0.0204. The Morgan fingerprint density at radius 3 is 2.40 bits per heavy atom. The lowest BCUT2D eigenvalue weighted by Crippen LogP contribution is -2.24. The number of carbonyl (C=O) groups is 2. The van der Waals surface area contributed by atoms with Gasteiger partial charge in [-0.1, -0.05) is 19.4 Å². The number of Topliss-reactive ketones (excluding diaryl/α,β-unsaturated/α-hetero) is 1. The second-order valence-electron chi connectivity index (χ2n) is 5.08. The Morgan fingerprint density at radius 1 is 1.33 bits per heavy atom. The number of hydrogen-bond acceptors (Lipinski definition) is 2. The zero-order valence-electron chi connectivity index (χ0n) is 9.89. The summed E-state index contributed by atoms with van der Waals surface area (Å²) >= 11 is 0. The Balaban J connectivity index is 2.97. The van der Waals surface area contributed by atoms with Gasteiger partial charge in [0.05, 0.1) is 0 Å². The van der Waals surface area contributed by atoms with Gasteiger partial charge in [-0.25, -0.2) is 0 Å². The van der Waals surface area contributed by atoms with Crippen LogP contribution in [0.3, 0.4) is 0 Å². The number of hydrogen-bond donors (Lipinski definition) is 0. The molecule has 15 heavy (non-hydrogen) atoms. The third kappa shape index (κ3) is 3.15. The van der Waals surface area contributed by atoms with E-state index in [1.807, 2.05) is 6.92 Å². The molecule has 0 spiro atoms. The first-order chi connectivity index (χ1) is 6.82. The van der Waals surface area contributed by atoms with E-state index >= 15 is 0 Å². The molecule has 2 nitrogen and oxygen atoms in total. The Hall–Kier alpha value is -1.18. The largest absolute Gasteiger partial charge is 0.295 e. The lowest BCUT2D eigenvalue weighted by molar-refractivity contribution is -0.117. The molecule has 0 atom stereocenters. The molecule has 0 saturated heterocycles. The molecule has 0 aromatic carbocycles. The van der Waals surface area contributed by atoms with Crippen LogP contribution in [0.1, 0.15) is 40.5 Å².